The molecule has 0 saturated heterocycles. The van der Waals surface area contributed by atoms with Crippen LogP contribution in [0.4, 0.5) is 0 Å². The molecule has 3 heteroatoms. The summed E-state index contributed by atoms with van der Waals surface area (Å²) < 4.78 is 5.58. The second-order valence-corrected chi connectivity index (χ2v) is 4.79. The minimum Gasteiger partial charge on any atom is -0.468 e. The van der Waals surface area contributed by atoms with Crippen LogP contribution < -0.4 is 5.32 Å². The van der Waals surface area contributed by atoms with Gasteiger partial charge >= 0.3 is 0 Å². The van der Waals surface area contributed by atoms with Crippen molar-refractivity contribution >= 4 is 0 Å². The van der Waals surface area contributed by atoms with E-state index in [0.717, 1.165) is 37.9 Å². The Kier molecular flexibility index (Phi) is 6.30. The van der Waals surface area contributed by atoms with Gasteiger partial charge in [-0.05, 0) is 25.6 Å². The molecule has 1 atom stereocenters. The first-order valence-electron chi connectivity index (χ1n) is 6.62. The van der Waals surface area contributed by atoms with Crippen molar-refractivity contribution in [3.05, 3.63) is 23.7 Å². The highest BCUT2D eigenvalue weighted by atomic mass is 16.3. The topological polar surface area (TPSA) is 28.4 Å². The first kappa shape index (κ1) is 14.3. The van der Waals surface area contributed by atoms with Gasteiger partial charge in [-0.3, -0.25) is 4.90 Å². The number of rotatable bonds is 8. The third kappa shape index (κ3) is 4.92. The summed E-state index contributed by atoms with van der Waals surface area (Å²) in [5.41, 5.74) is 1.22. The first-order valence-corrected chi connectivity index (χ1v) is 6.62. The molecule has 0 radical (unpaired) electrons. The molecule has 1 heterocycles. The zero-order valence-corrected chi connectivity index (χ0v) is 11.6. The molecule has 0 spiro atoms. The van der Waals surface area contributed by atoms with Crippen LogP contribution in [-0.4, -0.2) is 25.0 Å². The molecular formula is C14H26N2O. The molecule has 0 fully saturated rings. The second kappa shape index (κ2) is 7.51. The van der Waals surface area contributed by atoms with E-state index >= 15 is 0 Å². The van der Waals surface area contributed by atoms with Crippen molar-refractivity contribution in [2.75, 3.05) is 20.1 Å². The van der Waals surface area contributed by atoms with Gasteiger partial charge in [-0.25, -0.2) is 0 Å². The normalized spacial score (nSPS) is 13.2. The minimum atomic E-state index is 0.752. The summed E-state index contributed by atoms with van der Waals surface area (Å²) in [6.07, 6.45) is 3.09. The maximum atomic E-state index is 5.58. The molecule has 1 unspecified atom stereocenters. The van der Waals surface area contributed by atoms with Crippen LogP contribution in [0, 0.1) is 5.92 Å². The Morgan fingerprint density at radius 1 is 1.41 bits per heavy atom. The molecule has 3 nitrogen and oxygen atoms in total. The van der Waals surface area contributed by atoms with Gasteiger partial charge in [0.15, 0.2) is 0 Å². The van der Waals surface area contributed by atoms with Crippen LogP contribution >= 0.6 is 0 Å². The van der Waals surface area contributed by atoms with E-state index in [9.17, 15) is 0 Å². The fraction of sp³-hybridized carbons (Fsp3) is 0.714. The molecule has 17 heavy (non-hydrogen) atoms. The molecule has 98 valence electrons. The Hall–Kier alpha value is -0.800. The van der Waals surface area contributed by atoms with Crippen molar-refractivity contribution in [2.45, 2.75) is 40.3 Å². The van der Waals surface area contributed by atoms with Gasteiger partial charge in [0, 0.05) is 18.7 Å². The van der Waals surface area contributed by atoms with Crippen molar-refractivity contribution in [1.29, 1.82) is 0 Å². The van der Waals surface area contributed by atoms with Crippen molar-refractivity contribution < 1.29 is 4.42 Å². The van der Waals surface area contributed by atoms with E-state index in [1.165, 1.54) is 12.0 Å². The molecular weight excluding hydrogens is 212 g/mol. The fourth-order valence-corrected chi connectivity index (χ4v) is 1.90. The molecule has 0 aliphatic heterocycles. The van der Waals surface area contributed by atoms with Gasteiger partial charge in [-0.15, -0.1) is 0 Å². The van der Waals surface area contributed by atoms with Gasteiger partial charge in [0.2, 0.25) is 0 Å². The van der Waals surface area contributed by atoms with Crippen LogP contribution in [0.5, 0.6) is 0 Å². The van der Waals surface area contributed by atoms with Gasteiger partial charge in [0.05, 0.1) is 12.8 Å². The minimum absolute atomic E-state index is 0.752. The molecule has 0 bridgehead atoms. The lowest BCUT2D eigenvalue weighted by molar-refractivity contribution is 0.221. The van der Waals surface area contributed by atoms with Crippen LogP contribution in [0.3, 0.4) is 0 Å². The van der Waals surface area contributed by atoms with Crippen molar-refractivity contribution in [3.8, 4) is 0 Å². The molecule has 1 aromatic heterocycles. The third-order valence-electron chi connectivity index (χ3n) is 3.18. The molecule has 0 aliphatic carbocycles. The Morgan fingerprint density at radius 3 is 2.76 bits per heavy atom. The van der Waals surface area contributed by atoms with Crippen molar-refractivity contribution in [3.63, 3.8) is 0 Å². The maximum Gasteiger partial charge on any atom is 0.118 e. The SMILES string of the molecule is CCC(C)CN(CC)Cc1cc(CNC)co1. The van der Waals surface area contributed by atoms with Gasteiger partial charge < -0.3 is 9.73 Å². The van der Waals surface area contributed by atoms with E-state index in [-0.39, 0.29) is 0 Å². The average Bonchev–Trinajstić information content (AvgIpc) is 2.76. The molecule has 1 N–H and O–H groups in total. The summed E-state index contributed by atoms with van der Waals surface area (Å²) in [6, 6.07) is 2.15. The van der Waals surface area contributed by atoms with Crippen LogP contribution in [-0.2, 0) is 13.1 Å². The summed E-state index contributed by atoms with van der Waals surface area (Å²) >= 11 is 0. The summed E-state index contributed by atoms with van der Waals surface area (Å²) in [4.78, 5) is 2.44. The Balaban J connectivity index is 2.48. The maximum absolute atomic E-state index is 5.58. The third-order valence-corrected chi connectivity index (χ3v) is 3.18. The molecule has 0 aliphatic rings. The lowest BCUT2D eigenvalue weighted by Gasteiger charge is -2.22. The van der Waals surface area contributed by atoms with E-state index in [0.29, 0.717) is 0 Å². The van der Waals surface area contributed by atoms with E-state index in [1.807, 2.05) is 13.3 Å². The van der Waals surface area contributed by atoms with Crippen LogP contribution in [0.1, 0.15) is 38.5 Å². The lowest BCUT2D eigenvalue weighted by Crippen LogP contribution is -2.27. The number of nitrogens with one attached hydrogen (secondary N) is 1. The quantitative estimate of drug-likeness (QED) is 0.755. The van der Waals surface area contributed by atoms with Gasteiger partial charge in [0.1, 0.15) is 5.76 Å². The van der Waals surface area contributed by atoms with Crippen LogP contribution in [0.25, 0.3) is 0 Å². The van der Waals surface area contributed by atoms with E-state index in [2.05, 4.69) is 37.1 Å². The number of hydrogen-bond donors (Lipinski definition) is 1. The van der Waals surface area contributed by atoms with Crippen LogP contribution in [0.2, 0.25) is 0 Å². The molecule has 0 aromatic carbocycles. The molecule has 1 aromatic rings. The first-order chi connectivity index (χ1) is 8.19. The summed E-state index contributed by atoms with van der Waals surface area (Å²) in [6.45, 7) is 10.8. The zero-order valence-electron chi connectivity index (χ0n) is 11.6. The summed E-state index contributed by atoms with van der Waals surface area (Å²) in [7, 11) is 1.95. The average molecular weight is 238 g/mol. The Morgan fingerprint density at radius 2 is 2.18 bits per heavy atom. The zero-order chi connectivity index (χ0) is 12.7. The second-order valence-electron chi connectivity index (χ2n) is 4.79. The van der Waals surface area contributed by atoms with E-state index < -0.39 is 0 Å². The van der Waals surface area contributed by atoms with Gasteiger partial charge in [0.25, 0.3) is 0 Å². The van der Waals surface area contributed by atoms with E-state index in [4.69, 9.17) is 4.42 Å². The Labute approximate surface area is 105 Å². The van der Waals surface area contributed by atoms with Crippen molar-refractivity contribution in [1.82, 2.24) is 10.2 Å². The Bertz CT molecular complexity index is 309. The summed E-state index contributed by atoms with van der Waals surface area (Å²) in [5.74, 6) is 1.82. The standard InChI is InChI=1S/C14H26N2O/c1-5-12(3)9-16(6-2)10-14-7-13(8-15-4)11-17-14/h7,11-12,15H,5-6,8-10H2,1-4H3. The molecule has 1 rings (SSSR count). The molecule has 0 amide bonds. The van der Waals surface area contributed by atoms with Gasteiger partial charge in [-0.2, -0.15) is 0 Å². The largest absolute Gasteiger partial charge is 0.468 e. The van der Waals surface area contributed by atoms with Gasteiger partial charge in [-0.1, -0.05) is 27.2 Å². The van der Waals surface area contributed by atoms with Crippen LogP contribution in [0.15, 0.2) is 16.7 Å². The molecule has 0 saturated carbocycles. The highest BCUT2D eigenvalue weighted by molar-refractivity contribution is 5.12. The van der Waals surface area contributed by atoms with Crippen molar-refractivity contribution in [2.24, 2.45) is 5.92 Å². The predicted octanol–water partition coefficient (Wildman–Crippen LogP) is 2.87. The number of nitrogens with zero attached hydrogens (tertiary/aromatic N) is 1. The number of furan rings is 1. The smallest absolute Gasteiger partial charge is 0.118 e. The highest BCUT2D eigenvalue weighted by Crippen LogP contribution is 2.12. The fourth-order valence-electron chi connectivity index (χ4n) is 1.90. The monoisotopic (exact) mass is 238 g/mol. The predicted molar refractivity (Wildman–Crippen MR) is 71.9 cm³/mol. The van der Waals surface area contributed by atoms with E-state index in [1.54, 1.807) is 0 Å². The number of hydrogen-bond acceptors (Lipinski definition) is 3. The highest BCUT2D eigenvalue weighted by Gasteiger charge is 2.10. The summed E-state index contributed by atoms with van der Waals surface area (Å²) in [5, 5.41) is 3.13. The lowest BCUT2D eigenvalue weighted by atomic mass is 10.1.